The van der Waals surface area contributed by atoms with Gasteiger partial charge in [0.2, 0.25) is 0 Å². The number of hydrogen-bond acceptors (Lipinski definition) is 3. The van der Waals surface area contributed by atoms with Gasteiger partial charge in [-0.1, -0.05) is 18.5 Å². The third kappa shape index (κ3) is 2.36. The van der Waals surface area contributed by atoms with Crippen molar-refractivity contribution in [1.82, 2.24) is 14.4 Å². The minimum atomic E-state index is 0.314. The topological polar surface area (TPSA) is 39.4 Å². The molecule has 1 aliphatic rings. The van der Waals surface area contributed by atoms with Gasteiger partial charge < -0.3 is 4.74 Å². The Kier molecular flexibility index (Phi) is 4.02. The number of imidazole rings is 1. The zero-order chi connectivity index (χ0) is 14.3. The van der Waals surface area contributed by atoms with Crippen LogP contribution >= 0.6 is 27.5 Å². The zero-order valence-electron chi connectivity index (χ0n) is 11.6. The van der Waals surface area contributed by atoms with Crippen molar-refractivity contribution in [2.45, 2.75) is 45.1 Å². The molecule has 1 saturated heterocycles. The van der Waals surface area contributed by atoms with E-state index >= 15 is 0 Å². The van der Waals surface area contributed by atoms with Crippen LogP contribution in [0.1, 0.15) is 43.6 Å². The molecule has 20 heavy (non-hydrogen) atoms. The number of hydrogen-bond donors (Lipinski definition) is 0. The number of ether oxygens (including phenoxy) is 1. The van der Waals surface area contributed by atoms with Crippen LogP contribution in [0, 0.1) is 6.92 Å². The van der Waals surface area contributed by atoms with E-state index in [1.165, 1.54) is 0 Å². The standard InChI is InChI=1S/C14H17BrClN3O/c1-3-10-5-4-9(7-20-10)14-18-12(15)11-13(16)17-6-8(2)19(11)14/h6,9-10H,3-5,7H2,1-2H3. The third-order valence-electron chi connectivity index (χ3n) is 3.96. The zero-order valence-corrected chi connectivity index (χ0v) is 13.9. The van der Waals surface area contributed by atoms with E-state index in [1.54, 1.807) is 6.20 Å². The molecule has 0 aromatic carbocycles. The van der Waals surface area contributed by atoms with Crippen LogP contribution in [0.15, 0.2) is 10.8 Å². The molecule has 0 amide bonds. The summed E-state index contributed by atoms with van der Waals surface area (Å²) in [4.78, 5) is 8.86. The molecule has 0 bridgehead atoms. The fourth-order valence-corrected chi connectivity index (χ4v) is 3.70. The highest BCUT2D eigenvalue weighted by molar-refractivity contribution is 9.10. The summed E-state index contributed by atoms with van der Waals surface area (Å²) in [7, 11) is 0. The molecule has 1 aliphatic heterocycles. The van der Waals surface area contributed by atoms with Crippen molar-refractivity contribution in [2.75, 3.05) is 6.61 Å². The van der Waals surface area contributed by atoms with Gasteiger partial charge in [0.05, 0.1) is 12.7 Å². The van der Waals surface area contributed by atoms with E-state index in [4.69, 9.17) is 16.3 Å². The Hall–Kier alpha value is -0.650. The van der Waals surface area contributed by atoms with E-state index < -0.39 is 0 Å². The van der Waals surface area contributed by atoms with Crippen molar-refractivity contribution in [3.63, 3.8) is 0 Å². The van der Waals surface area contributed by atoms with Gasteiger partial charge in [-0.2, -0.15) is 0 Å². The van der Waals surface area contributed by atoms with Gasteiger partial charge >= 0.3 is 0 Å². The number of aromatic nitrogens is 3. The van der Waals surface area contributed by atoms with Gasteiger partial charge in [-0.3, -0.25) is 4.40 Å². The second-order valence-corrected chi connectivity index (χ2v) is 6.38. The fraction of sp³-hybridized carbons (Fsp3) is 0.571. The smallest absolute Gasteiger partial charge is 0.155 e. The molecule has 3 heterocycles. The molecule has 0 aliphatic carbocycles. The molecule has 2 unspecified atom stereocenters. The molecule has 3 rings (SSSR count). The minimum Gasteiger partial charge on any atom is -0.377 e. The summed E-state index contributed by atoms with van der Waals surface area (Å²) in [5.74, 6) is 1.33. The Balaban J connectivity index is 2.03. The van der Waals surface area contributed by atoms with Gasteiger partial charge in [0.1, 0.15) is 15.9 Å². The second-order valence-electron chi connectivity index (χ2n) is 5.27. The maximum Gasteiger partial charge on any atom is 0.155 e. The Morgan fingerprint density at radius 3 is 2.95 bits per heavy atom. The predicted octanol–water partition coefficient (Wildman–Crippen LogP) is 4.13. The van der Waals surface area contributed by atoms with Crippen molar-refractivity contribution >= 4 is 33.0 Å². The maximum atomic E-state index is 6.20. The summed E-state index contributed by atoms with van der Waals surface area (Å²) in [5.41, 5.74) is 1.88. The van der Waals surface area contributed by atoms with Crippen LogP contribution in [-0.2, 0) is 4.74 Å². The van der Waals surface area contributed by atoms with Crippen LogP contribution in [0.2, 0.25) is 5.15 Å². The van der Waals surface area contributed by atoms with Crippen molar-refractivity contribution in [3.8, 4) is 0 Å². The Morgan fingerprint density at radius 2 is 2.30 bits per heavy atom. The highest BCUT2D eigenvalue weighted by Crippen LogP contribution is 2.33. The Morgan fingerprint density at radius 1 is 1.50 bits per heavy atom. The van der Waals surface area contributed by atoms with Crippen LogP contribution in [0.4, 0.5) is 0 Å². The molecule has 4 nitrogen and oxygen atoms in total. The average Bonchev–Trinajstić information content (AvgIpc) is 2.82. The Bertz CT molecular complexity index is 635. The molecule has 2 aromatic rings. The first kappa shape index (κ1) is 14.3. The fourth-order valence-electron chi connectivity index (χ4n) is 2.82. The van der Waals surface area contributed by atoms with E-state index in [1.807, 2.05) is 6.92 Å². The normalized spacial score (nSPS) is 23.4. The molecule has 0 N–H and O–H groups in total. The van der Waals surface area contributed by atoms with Gasteiger partial charge in [-0.15, -0.1) is 0 Å². The summed E-state index contributed by atoms with van der Waals surface area (Å²) in [6.45, 7) is 4.91. The first-order chi connectivity index (χ1) is 9.61. The summed E-state index contributed by atoms with van der Waals surface area (Å²) < 4.78 is 8.76. The van der Waals surface area contributed by atoms with Crippen LogP contribution in [0.5, 0.6) is 0 Å². The summed E-state index contributed by atoms with van der Waals surface area (Å²) >= 11 is 9.70. The molecule has 6 heteroatoms. The first-order valence-electron chi connectivity index (χ1n) is 6.92. The van der Waals surface area contributed by atoms with Crippen LogP contribution in [-0.4, -0.2) is 27.1 Å². The van der Waals surface area contributed by atoms with Crippen molar-refractivity contribution < 1.29 is 4.74 Å². The number of aryl methyl sites for hydroxylation is 1. The lowest BCUT2D eigenvalue weighted by atomic mass is 9.96. The average molecular weight is 359 g/mol. The van der Waals surface area contributed by atoms with E-state index in [2.05, 4.69) is 37.2 Å². The monoisotopic (exact) mass is 357 g/mol. The molecule has 0 radical (unpaired) electrons. The largest absolute Gasteiger partial charge is 0.377 e. The maximum absolute atomic E-state index is 6.20. The molecule has 2 atom stereocenters. The first-order valence-corrected chi connectivity index (χ1v) is 8.09. The van der Waals surface area contributed by atoms with Crippen LogP contribution in [0.25, 0.3) is 5.52 Å². The molecule has 2 aromatic heterocycles. The number of halogens is 2. The second kappa shape index (κ2) is 5.62. The highest BCUT2D eigenvalue weighted by atomic mass is 79.9. The third-order valence-corrected chi connectivity index (χ3v) is 4.79. The Labute approximate surface area is 131 Å². The number of rotatable bonds is 2. The lowest BCUT2D eigenvalue weighted by molar-refractivity contribution is 0.000302. The molecule has 0 saturated carbocycles. The number of nitrogens with zero attached hydrogens (tertiary/aromatic N) is 3. The molecule has 1 fully saturated rings. The van der Waals surface area contributed by atoms with Gasteiger partial charge in [-0.05, 0) is 42.1 Å². The van der Waals surface area contributed by atoms with Crippen LogP contribution < -0.4 is 0 Å². The van der Waals surface area contributed by atoms with Crippen LogP contribution in [0.3, 0.4) is 0 Å². The van der Waals surface area contributed by atoms with E-state index in [0.717, 1.165) is 47.5 Å². The molecule has 108 valence electrons. The summed E-state index contributed by atoms with van der Waals surface area (Å²) in [5, 5.41) is 0.476. The summed E-state index contributed by atoms with van der Waals surface area (Å²) in [6, 6.07) is 0. The quantitative estimate of drug-likeness (QED) is 0.810. The van der Waals surface area contributed by atoms with Gasteiger partial charge in [-0.25, -0.2) is 9.97 Å². The van der Waals surface area contributed by atoms with E-state index in [0.29, 0.717) is 17.2 Å². The molecular weight excluding hydrogens is 342 g/mol. The van der Waals surface area contributed by atoms with E-state index in [9.17, 15) is 0 Å². The SMILES string of the molecule is CCC1CCC(c2nc(Br)c3c(Cl)ncc(C)n23)CO1. The van der Waals surface area contributed by atoms with Crippen molar-refractivity contribution in [1.29, 1.82) is 0 Å². The highest BCUT2D eigenvalue weighted by Gasteiger charge is 2.27. The van der Waals surface area contributed by atoms with Gasteiger partial charge in [0.15, 0.2) is 5.15 Å². The number of fused-ring (bicyclic) bond motifs is 1. The lowest BCUT2D eigenvalue weighted by Crippen LogP contribution is -2.25. The van der Waals surface area contributed by atoms with E-state index in [-0.39, 0.29) is 0 Å². The summed E-state index contributed by atoms with van der Waals surface area (Å²) in [6.07, 6.45) is 5.45. The van der Waals surface area contributed by atoms with Gasteiger partial charge in [0, 0.05) is 17.8 Å². The molecule has 0 spiro atoms. The van der Waals surface area contributed by atoms with Crippen molar-refractivity contribution in [2.24, 2.45) is 0 Å². The lowest BCUT2D eigenvalue weighted by Gasteiger charge is -2.27. The van der Waals surface area contributed by atoms with Crippen molar-refractivity contribution in [3.05, 3.63) is 27.5 Å². The van der Waals surface area contributed by atoms with Gasteiger partial charge in [0.25, 0.3) is 0 Å². The molecular formula is C14H17BrClN3O. The predicted molar refractivity (Wildman–Crippen MR) is 82.4 cm³/mol. The minimum absolute atomic E-state index is 0.314.